The second-order valence-corrected chi connectivity index (χ2v) is 5.39. The third-order valence-electron chi connectivity index (χ3n) is 3.82. The van der Waals surface area contributed by atoms with Crippen LogP contribution in [-0.4, -0.2) is 24.6 Å². The van der Waals surface area contributed by atoms with E-state index in [0.717, 1.165) is 29.8 Å². The predicted octanol–water partition coefficient (Wildman–Crippen LogP) is 3.67. The topological polar surface area (TPSA) is 40.5 Å². The first kappa shape index (κ1) is 14.0. The van der Waals surface area contributed by atoms with E-state index in [4.69, 9.17) is 21.1 Å². The molecule has 1 heterocycles. The highest BCUT2D eigenvalue weighted by molar-refractivity contribution is 6.32. The molecule has 0 saturated carbocycles. The van der Waals surface area contributed by atoms with Gasteiger partial charge in [0.25, 0.3) is 0 Å². The summed E-state index contributed by atoms with van der Waals surface area (Å²) in [5.41, 5.74) is 2.64. The Kier molecular flexibility index (Phi) is 3.64. The number of fused-ring (bicyclic) bond motifs is 1. The number of carbonyl (C=O) groups excluding carboxylic acids is 1. The highest BCUT2D eigenvalue weighted by Crippen LogP contribution is 2.36. The van der Waals surface area contributed by atoms with Crippen molar-refractivity contribution in [3.8, 4) is 17.2 Å². The lowest BCUT2D eigenvalue weighted by atomic mass is 9.96. The molecule has 0 fully saturated rings. The van der Waals surface area contributed by atoms with Crippen LogP contribution in [-0.2, 0) is 6.42 Å². The number of aromatic nitrogens is 1. The zero-order valence-corrected chi connectivity index (χ0v) is 12.7. The van der Waals surface area contributed by atoms with Crippen LogP contribution in [0.25, 0.3) is 5.69 Å². The fourth-order valence-electron chi connectivity index (χ4n) is 2.78. The molecule has 21 heavy (non-hydrogen) atoms. The highest BCUT2D eigenvalue weighted by atomic mass is 35.5. The van der Waals surface area contributed by atoms with Crippen LogP contribution in [0.5, 0.6) is 11.5 Å². The van der Waals surface area contributed by atoms with E-state index in [1.165, 1.54) is 0 Å². The molecule has 3 rings (SSSR count). The van der Waals surface area contributed by atoms with Crippen LogP contribution < -0.4 is 9.47 Å². The lowest BCUT2D eigenvalue weighted by Gasteiger charge is -2.18. The summed E-state index contributed by atoms with van der Waals surface area (Å²) in [5.74, 6) is 1.43. The number of hydrogen-bond donors (Lipinski definition) is 0. The minimum atomic E-state index is 0.202. The Labute approximate surface area is 128 Å². The third kappa shape index (κ3) is 2.29. The average Bonchev–Trinajstić information content (AvgIpc) is 2.92. The maximum absolute atomic E-state index is 12.0. The molecule has 5 heteroatoms. The van der Waals surface area contributed by atoms with Gasteiger partial charge in [0.05, 0.1) is 24.9 Å². The normalized spacial score (nSPS) is 14.0. The summed E-state index contributed by atoms with van der Waals surface area (Å²) in [6, 6.07) is 5.43. The molecule has 2 aromatic rings. The number of halogens is 1. The van der Waals surface area contributed by atoms with Crippen LogP contribution in [0, 0.1) is 0 Å². The van der Waals surface area contributed by atoms with Gasteiger partial charge in [0, 0.05) is 29.9 Å². The number of rotatable bonds is 3. The molecule has 0 saturated heterocycles. The van der Waals surface area contributed by atoms with Crippen LogP contribution in [0.2, 0.25) is 5.02 Å². The Morgan fingerprint density at radius 3 is 2.62 bits per heavy atom. The van der Waals surface area contributed by atoms with Gasteiger partial charge in [-0.1, -0.05) is 11.6 Å². The molecule has 4 nitrogen and oxygen atoms in total. The number of ketones is 1. The van der Waals surface area contributed by atoms with Crippen molar-refractivity contribution >= 4 is 17.4 Å². The summed E-state index contributed by atoms with van der Waals surface area (Å²) in [6.45, 7) is 0. The molecule has 0 aliphatic heterocycles. The number of carbonyl (C=O) groups is 1. The predicted molar refractivity (Wildman–Crippen MR) is 81.2 cm³/mol. The molecule has 0 bridgehead atoms. The highest BCUT2D eigenvalue weighted by Gasteiger charge is 2.23. The maximum atomic E-state index is 12.0. The van der Waals surface area contributed by atoms with E-state index in [-0.39, 0.29) is 5.78 Å². The molecule has 0 amide bonds. The first-order valence-electron chi connectivity index (χ1n) is 6.81. The smallest absolute Gasteiger partial charge is 0.164 e. The van der Waals surface area contributed by atoms with Gasteiger partial charge in [0.2, 0.25) is 0 Å². The number of ether oxygens (including phenoxy) is 2. The molecule has 0 spiro atoms. The van der Waals surface area contributed by atoms with Crippen molar-refractivity contribution in [2.24, 2.45) is 0 Å². The Hall–Kier alpha value is -1.94. The first-order valence-corrected chi connectivity index (χ1v) is 7.19. The van der Waals surface area contributed by atoms with Gasteiger partial charge in [-0.05, 0) is 25.0 Å². The zero-order chi connectivity index (χ0) is 15.0. The SMILES string of the molecule is COc1cc(OC)c(-n2ccc3c2CCCC3=O)cc1Cl. The van der Waals surface area contributed by atoms with E-state index in [2.05, 4.69) is 0 Å². The average molecular weight is 306 g/mol. The van der Waals surface area contributed by atoms with E-state index >= 15 is 0 Å². The van der Waals surface area contributed by atoms with Gasteiger partial charge in [-0.25, -0.2) is 0 Å². The van der Waals surface area contributed by atoms with Gasteiger partial charge >= 0.3 is 0 Å². The summed E-state index contributed by atoms with van der Waals surface area (Å²) >= 11 is 6.23. The number of benzene rings is 1. The molecule has 1 aliphatic rings. The number of hydrogen-bond acceptors (Lipinski definition) is 3. The molecule has 0 radical (unpaired) electrons. The quantitative estimate of drug-likeness (QED) is 0.868. The number of Topliss-reactive ketones (excluding diaryl/α,β-unsaturated/α-hetero) is 1. The second-order valence-electron chi connectivity index (χ2n) is 4.98. The molecule has 1 aromatic carbocycles. The van der Waals surface area contributed by atoms with E-state index in [1.54, 1.807) is 26.4 Å². The number of nitrogens with zero attached hydrogens (tertiary/aromatic N) is 1. The molecule has 0 unspecified atom stereocenters. The Balaban J connectivity index is 2.17. The Morgan fingerprint density at radius 1 is 1.14 bits per heavy atom. The van der Waals surface area contributed by atoms with Gasteiger partial charge in [-0.15, -0.1) is 0 Å². The van der Waals surface area contributed by atoms with E-state index < -0.39 is 0 Å². The van der Waals surface area contributed by atoms with Gasteiger partial charge in [-0.2, -0.15) is 0 Å². The van der Waals surface area contributed by atoms with Crippen molar-refractivity contribution in [1.29, 1.82) is 0 Å². The molecule has 1 aliphatic carbocycles. The van der Waals surface area contributed by atoms with E-state index in [0.29, 0.717) is 22.9 Å². The summed E-state index contributed by atoms with van der Waals surface area (Å²) in [7, 11) is 3.17. The molecular formula is C16H16ClNO3. The van der Waals surface area contributed by atoms with Gasteiger partial charge in [-0.3, -0.25) is 4.79 Å². The second kappa shape index (κ2) is 5.45. The standard InChI is InChI=1S/C16H16ClNO3/c1-20-15-9-16(21-2)13(8-11(15)17)18-7-6-10-12(18)4-3-5-14(10)19/h6-9H,3-5H2,1-2H3. The van der Waals surface area contributed by atoms with Gasteiger partial charge in [0.1, 0.15) is 11.5 Å². The van der Waals surface area contributed by atoms with Crippen LogP contribution >= 0.6 is 11.6 Å². The molecule has 110 valence electrons. The van der Waals surface area contributed by atoms with Crippen molar-refractivity contribution in [3.05, 3.63) is 40.7 Å². The lowest BCUT2D eigenvalue weighted by Crippen LogP contribution is -2.12. The molecule has 1 aromatic heterocycles. The van der Waals surface area contributed by atoms with E-state index in [1.807, 2.05) is 16.8 Å². The van der Waals surface area contributed by atoms with Crippen molar-refractivity contribution < 1.29 is 14.3 Å². The summed E-state index contributed by atoms with van der Waals surface area (Å²) in [6.07, 6.45) is 4.27. The van der Waals surface area contributed by atoms with Gasteiger partial charge < -0.3 is 14.0 Å². The first-order chi connectivity index (χ1) is 10.2. The Morgan fingerprint density at radius 2 is 1.90 bits per heavy atom. The van der Waals surface area contributed by atoms with Crippen molar-refractivity contribution in [2.75, 3.05) is 14.2 Å². The minimum Gasteiger partial charge on any atom is -0.495 e. The largest absolute Gasteiger partial charge is 0.495 e. The van der Waals surface area contributed by atoms with Crippen LogP contribution in [0.3, 0.4) is 0 Å². The van der Waals surface area contributed by atoms with Crippen LogP contribution in [0.4, 0.5) is 0 Å². The summed E-state index contributed by atoms with van der Waals surface area (Å²) < 4.78 is 12.6. The fraction of sp³-hybridized carbons (Fsp3) is 0.312. The van der Waals surface area contributed by atoms with Crippen LogP contribution in [0.15, 0.2) is 24.4 Å². The lowest BCUT2D eigenvalue weighted by molar-refractivity contribution is 0.0972. The van der Waals surface area contributed by atoms with Crippen molar-refractivity contribution in [3.63, 3.8) is 0 Å². The fourth-order valence-corrected chi connectivity index (χ4v) is 3.02. The van der Waals surface area contributed by atoms with Crippen molar-refractivity contribution in [1.82, 2.24) is 4.57 Å². The maximum Gasteiger partial charge on any atom is 0.164 e. The molecular weight excluding hydrogens is 290 g/mol. The minimum absolute atomic E-state index is 0.202. The molecule has 0 N–H and O–H groups in total. The summed E-state index contributed by atoms with van der Waals surface area (Å²) in [4.78, 5) is 12.0. The number of methoxy groups -OCH3 is 2. The zero-order valence-electron chi connectivity index (χ0n) is 12.0. The monoisotopic (exact) mass is 305 g/mol. The van der Waals surface area contributed by atoms with Crippen LogP contribution in [0.1, 0.15) is 28.9 Å². The summed E-state index contributed by atoms with van der Waals surface area (Å²) in [5, 5.41) is 0.512. The third-order valence-corrected chi connectivity index (χ3v) is 4.12. The van der Waals surface area contributed by atoms with Crippen molar-refractivity contribution in [2.45, 2.75) is 19.3 Å². The molecule has 0 atom stereocenters. The van der Waals surface area contributed by atoms with Gasteiger partial charge in [0.15, 0.2) is 5.78 Å². The van der Waals surface area contributed by atoms with E-state index in [9.17, 15) is 4.79 Å². The Bertz CT molecular complexity index is 706.